The number of hydrogen-bond acceptors (Lipinski definition) is 3. The molecule has 4 heteroatoms. The molecule has 0 aromatic heterocycles. The van der Waals surface area contributed by atoms with Crippen molar-refractivity contribution in [3.05, 3.63) is 6.92 Å². The molecule has 0 saturated heterocycles. The van der Waals surface area contributed by atoms with Gasteiger partial charge in [0.25, 0.3) is 0 Å². The number of carbonyl (C=O) groups excluding carboxylic acids is 2. The lowest BCUT2D eigenvalue weighted by atomic mass is 10.6. The van der Waals surface area contributed by atoms with Crippen LogP contribution in [0.4, 0.5) is 0 Å². The minimum absolute atomic E-state index is 0.112. The maximum Gasteiger partial charge on any atom is 0.325 e. The third-order valence-corrected chi connectivity index (χ3v) is 0.658. The summed E-state index contributed by atoms with van der Waals surface area (Å²) in [6.45, 7) is 2.87. The van der Waals surface area contributed by atoms with Gasteiger partial charge in [0.2, 0.25) is 5.91 Å². The van der Waals surface area contributed by atoms with E-state index in [2.05, 4.69) is 17.0 Å². The van der Waals surface area contributed by atoms with Crippen molar-refractivity contribution in [1.29, 1.82) is 0 Å². The third kappa shape index (κ3) is 4.80. The van der Waals surface area contributed by atoms with Crippen LogP contribution in [0.5, 0.6) is 0 Å². The van der Waals surface area contributed by atoms with Crippen LogP contribution in [0.1, 0.15) is 0 Å². The standard InChI is InChI=1S/C5H8NO3/c1-4(7)6-3-5(8)9-2/h1,3H2,2H3,(H,6,7). The summed E-state index contributed by atoms with van der Waals surface area (Å²) in [5, 5.41) is 2.17. The molecule has 0 spiro atoms. The highest BCUT2D eigenvalue weighted by molar-refractivity contribution is 5.84. The summed E-state index contributed by atoms with van der Waals surface area (Å²) >= 11 is 0. The highest BCUT2D eigenvalue weighted by Gasteiger charge is 1.98. The third-order valence-electron chi connectivity index (χ3n) is 0.658. The molecule has 0 bridgehead atoms. The van der Waals surface area contributed by atoms with E-state index in [9.17, 15) is 9.59 Å². The van der Waals surface area contributed by atoms with Gasteiger partial charge in [-0.2, -0.15) is 0 Å². The summed E-state index contributed by atoms with van der Waals surface area (Å²) in [5.41, 5.74) is 0. The smallest absolute Gasteiger partial charge is 0.325 e. The summed E-state index contributed by atoms with van der Waals surface area (Å²) in [6, 6.07) is 0. The fourth-order valence-corrected chi connectivity index (χ4v) is 0.243. The van der Waals surface area contributed by atoms with Crippen molar-refractivity contribution in [2.45, 2.75) is 0 Å². The van der Waals surface area contributed by atoms with E-state index in [-0.39, 0.29) is 6.54 Å². The Morgan fingerprint density at radius 1 is 1.67 bits per heavy atom. The quantitative estimate of drug-likeness (QED) is 0.493. The lowest BCUT2D eigenvalue weighted by molar-refractivity contribution is -0.140. The van der Waals surface area contributed by atoms with Gasteiger partial charge >= 0.3 is 5.97 Å². The summed E-state index contributed by atoms with van der Waals surface area (Å²) in [7, 11) is 1.25. The van der Waals surface area contributed by atoms with Crippen LogP contribution in [0.2, 0.25) is 0 Å². The van der Waals surface area contributed by atoms with Crippen molar-refractivity contribution >= 4 is 11.9 Å². The predicted octanol–water partition coefficient (Wildman–Crippen LogP) is -0.890. The highest BCUT2D eigenvalue weighted by Crippen LogP contribution is 1.68. The second kappa shape index (κ2) is 3.88. The monoisotopic (exact) mass is 130 g/mol. The Morgan fingerprint density at radius 3 is 2.56 bits per heavy atom. The van der Waals surface area contributed by atoms with Crippen molar-refractivity contribution in [3.63, 3.8) is 0 Å². The predicted molar refractivity (Wildman–Crippen MR) is 30.4 cm³/mol. The van der Waals surface area contributed by atoms with Crippen molar-refractivity contribution in [1.82, 2.24) is 5.32 Å². The first-order chi connectivity index (χ1) is 4.16. The summed E-state index contributed by atoms with van der Waals surface area (Å²) < 4.78 is 4.22. The van der Waals surface area contributed by atoms with E-state index in [4.69, 9.17) is 0 Å². The van der Waals surface area contributed by atoms with Gasteiger partial charge in [-0.3, -0.25) is 9.59 Å². The zero-order valence-electron chi connectivity index (χ0n) is 5.14. The SMILES string of the molecule is [CH2]C(=O)NCC(=O)OC. The van der Waals surface area contributed by atoms with E-state index in [0.29, 0.717) is 0 Å². The van der Waals surface area contributed by atoms with Crippen LogP contribution in [-0.2, 0) is 14.3 Å². The first-order valence-corrected chi connectivity index (χ1v) is 2.33. The molecule has 0 aliphatic carbocycles. The van der Waals surface area contributed by atoms with Crippen molar-refractivity contribution in [2.75, 3.05) is 13.7 Å². The van der Waals surface area contributed by atoms with E-state index in [1.165, 1.54) is 7.11 Å². The molecule has 0 rings (SSSR count). The zero-order valence-corrected chi connectivity index (χ0v) is 5.14. The van der Waals surface area contributed by atoms with Crippen LogP contribution in [0.3, 0.4) is 0 Å². The molecule has 51 valence electrons. The number of rotatable bonds is 2. The molecule has 0 atom stereocenters. The highest BCUT2D eigenvalue weighted by atomic mass is 16.5. The molecular weight excluding hydrogens is 122 g/mol. The average Bonchev–Trinajstić information content (AvgIpc) is 1.83. The Labute approximate surface area is 53.2 Å². The van der Waals surface area contributed by atoms with Gasteiger partial charge in [-0.05, 0) is 0 Å². The molecular formula is C5H8NO3. The first kappa shape index (κ1) is 7.94. The molecule has 1 N–H and O–H groups in total. The lowest BCUT2D eigenvalue weighted by Gasteiger charge is -1.97. The number of ether oxygens (including phenoxy) is 1. The topological polar surface area (TPSA) is 55.4 Å². The Balaban J connectivity index is 3.28. The lowest BCUT2D eigenvalue weighted by Crippen LogP contribution is -2.27. The Hall–Kier alpha value is -1.06. The van der Waals surface area contributed by atoms with E-state index < -0.39 is 11.9 Å². The maximum atomic E-state index is 10.3. The van der Waals surface area contributed by atoms with Crippen LogP contribution in [0.15, 0.2) is 0 Å². The zero-order chi connectivity index (χ0) is 7.28. The second-order valence-corrected chi connectivity index (χ2v) is 1.35. The van der Waals surface area contributed by atoms with Crippen LogP contribution in [0, 0.1) is 6.92 Å². The van der Waals surface area contributed by atoms with Crippen LogP contribution < -0.4 is 5.32 Å². The molecule has 4 nitrogen and oxygen atoms in total. The summed E-state index contributed by atoms with van der Waals surface area (Å²) in [6.07, 6.45) is 0. The van der Waals surface area contributed by atoms with Gasteiger partial charge in [0, 0.05) is 6.92 Å². The minimum Gasteiger partial charge on any atom is -0.468 e. The normalized spacial score (nSPS) is 8.22. The van der Waals surface area contributed by atoms with Gasteiger partial charge in [-0.1, -0.05) is 0 Å². The number of hydrogen-bond donors (Lipinski definition) is 1. The van der Waals surface area contributed by atoms with Gasteiger partial charge in [0.1, 0.15) is 6.54 Å². The summed E-state index contributed by atoms with van der Waals surface area (Å²) in [4.78, 5) is 20.3. The molecule has 0 aliphatic rings. The molecule has 0 saturated carbocycles. The molecule has 1 amide bonds. The molecule has 1 radical (unpaired) electrons. The van der Waals surface area contributed by atoms with Gasteiger partial charge < -0.3 is 10.1 Å². The number of nitrogens with one attached hydrogen (secondary N) is 1. The van der Waals surface area contributed by atoms with Crippen LogP contribution in [0.25, 0.3) is 0 Å². The summed E-state index contributed by atoms with van der Waals surface area (Å²) in [5.74, 6) is -0.965. The van der Waals surface area contributed by atoms with Crippen molar-refractivity contribution in [3.8, 4) is 0 Å². The first-order valence-electron chi connectivity index (χ1n) is 2.33. The Morgan fingerprint density at radius 2 is 2.22 bits per heavy atom. The van der Waals surface area contributed by atoms with Crippen molar-refractivity contribution < 1.29 is 14.3 Å². The van der Waals surface area contributed by atoms with Gasteiger partial charge in [0.15, 0.2) is 0 Å². The molecule has 0 aliphatic heterocycles. The fraction of sp³-hybridized carbons (Fsp3) is 0.400. The van der Waals surface area contributed by atoms with E-state index in [0.717, 1.165) is 0 Å². The largest absolute Gasteiger partial charge is 0.468 e. The number of methoxy groups -OCH3 is 1. The molecule has 0 unspecified atom stereocenters. The van der Waals surface area contributed by atoms with Crippen molar-refractivity contribution in [2.24, 2.45) is 0 Å². The van der Waals surface area contributed by atoms with Gasteiger partial charge in [-0.25, -0.2) is 0 Å². The van der Waals surface area contributed by atoms with Gasteiger partial charge in [0.05, 0.1) is 7.11 Å². The van der Waals surface area contributed by atoms with E-state index in [1.807, 2.05) is 0 Å². The van der Waals surface area contributed by atoms with Crippen LogP contribution in [-0.4, -0.2) is 25.5 Å². The maximum absolute atomic E-state index is 10.3. The minimum atomic E-state index is -0.486. The Kier molecular flexibility index (Phi) is 3.43. The fourth-order valence-electron chi connectivity index (χ4n) is 0.243. The molecule has 0 aromatic rings. The molecule has 9 heavy (non-hydrogen) atoms. The molecule has 0 heterocycles. The average molecular weight is 130 g/mol. The second-order valence-electron chi connectivity index (χ2n) is 1.35. The van der Waals surface area contributed by atoms with E-state index >= 15 is 0 Å². The molecule has 0 fully saturated rings. The Bertz CT molecular complexity index is 121. The van der Waals surface area contributed by atoms with Gasteiger partial charge in [-0.15, -0.1) is 0 Å². The van der Waals surface area contributed by atoms with Crippen LogP contribution >= 0.6 is 0 Å². The number of amides is 1. The van der Waals surface area contributed by atoms with E-state index in [1.54, 1.807) is 0 Å². The number of carbonyl (C=O) groups is 2. The number of esters is 1. The molecule has 0 aromatic carbocycles.